The van der Waals surface area contributed by atoms with E-state index in [0.717, 1.165) is 27.1 Å². The molecule has 0 amide bonds. The van der Waals surface area contributed by atoms with Crippen LogP contribution in [-0.2, 0) is 6.42 Å². The Kier molecular flexibility index (Phi) is 2.43. The van der Waals surface area contributed by atoms with Crippen molar-refractivity contribution in [1.29, 1.82) is 0 Å². The molecule has 16 heavy (non-hydrogen) atoms. The van der Waals surface area contributed by atoms with Crippen LogP contribution < -0.4 is 5.73 Å². The van der Waals surface area contributed by atoms with Crippen LogP contribution >= 0.6 is 22.7 Å². The van der Waals surface area contributed by atoms with E-state index >= 15 is 0 Å². The molecule has 3 heterocycles. The van der Waals surface area contributed by atoms with E-state index < -0.39 is 0 Å². The van der Waals surface area contributed by atoms with Gasteiger partial charge in [-0.1, -0.05) is 17.4 Å². The van der Waals surface area contributed by atoms with Gasteiger partial charge in [0.1, 0.15) is 5.01 Å². The van der Waals surface area contributed by atoms with Crippen LogP contribution in [0.25, 0.3) is 15.7 Å². The van der Waals surface area contributed by atoms with Crippen LogP contribution in [0.15, 0.2) is 17.5 Å². The van der Waals surface area contributed by atoms with Gasteiger partial charge in [-0.3, -0.25) is 0 Å². The first-order valence-corrected chi connectivity index (χ1v) is 6.53. The van der Waals surface area contributed by atoms with E-state index in [9.17, 15) is 0 Å². The van der Waals surface area contributed by atoms with Gasteiger partial charge in [-0.25, -0.2) is 0 Å². The summed E-state index contributed by atoms with van der Waals surface area (Å²) >= 11 is 3.18. The van der Waals surface area contributed by atoms with Gasteiger partial charge in [-0.15, -0.1) is 21.5 Å². The molecule has 0 radical (unpaired) electrons. The molecule has 7 heteroatoms. The largest absolute Gasteiger partial charge is 0.330 e. The van der Waals surface area contributed by atoms with Crippen molar-refractivity contribution in [1.82, 2.24) is 19.8 Å². The monoisotopic (exact) mass is 251 g/mol. The van der Waals surface area contributed by atoms with Crippen molar-refractivity contribution in [2.75, 3.05) is 6.54 Å². The summed E-state index contributed by atoms with van der Waals surface area (Å²) in [4.78, 5) is 1.91. The lowest BCUT2D eigenvalue weighted by Gasteiger charge is -1.90. The van der Waals surface area contributed by atoms with E-state index in [4.69, 9.17) is 5.73 Å². The van der Waals surface area contributed by atoms with Gasteiger partial charge in [-0.05, 0) is 18.0 Å². The number of thiophene rings is 1. The van der Waals surface area contributed by atoms with E-state index in [1.807, 2.05) is 17.5 Å². The summed E-state index contributed by atoms with van der Waals surface area (Å²) in [6.45, 7) is 0.610. The Morgan fingerprint density at radius 1 is 1.38 bits per heavy atom. The second-order valence-electron chi connectivity index (χ2n) is 3.23. The Hall–Kier alpha value is -1.31. The Balaban J connectivity index is 2.12. The molecule has 0 saturated carbocycles. The summed E-state index contributed by atoms with van der Waals surface area (Å²) in [5, 5.41) is 15.7. The SMILES string of the molecule is NCCc1nn2c(-c3cccs3)nnc2s1. The van der Waals surface area contributed by atoms with Gasteiger partial charge in [0.05, 0.1) is 4.88 Å². The van der Waals surface area contributed by atoms with Gasteiger partial charge in [0.2, 0.25) is 4.96 Å². The lowest BCUT2D eigenvalue weighted by molar-refractivity contribution is 0.872. The lowest BCUT2D eigenvalue weighted by atomic mass is 10.4. The second kappa shape index (κ2) is 3.93. The molecule has 0 aliphatic rings. The zero-order valence-electron chi connectivity index (χ0n) is 8.33. The average molecular weight is 251 g/mol. The quantitative estimate of drug-likeness (QED) is 0.764. The molecule has 5 nitrogen and oxygen atoms in total. The highest BCUT2D eigenvalue weighted by Crippen LogP contribution is 2.25. The van der Waals surface area contributed by atoms with Crippen molar-refractivity contribution in [3.8, 4) is 10.7 Å². The predicted octanol–water partition coefficient (Wildman–Crippen LogP) is 1.42. The van der Waals surface area contributed by atoms with Crippen LogP contribution in [0.1, 0.15) is 5.01 Å². The smallest absolute Gasteiger partial charge is 0.234 e. The third-order valence-electron chi connectivity index (χ3n) is 2.13. The van der Waals surface area contributed by atoms with Gasteiger partial charge in [0.15, 0.2) is 5.82 Å². The van der Waals surface area contributed by atoms with Crippen molar-refractivity contribution in [3.05, 3.63) is 22.5 Å². The number of rotatable bonds is 3. The molecule has 0 fully saturated rings. The molecule has 82 valence electrons. The summed E-state index contributed by atoms with van der Waals surface area (Å²) in [6.07, 6.45) is 0.790. The third kappa shape index (κ3) is 1.53. The van der Waals surface area contributed by atoms with Crippen LogP contribution in [0.3, 0.4) is 0 Å². The molecule has 0 bridgehead atoms. The highest BCUT2D eigenvalue weighted by molar-refractivity contribution is 7.16. The van der Waals surface area contributed by atoms with Crippen LogP contribution in [-0.4, -0.2) is 26.4 Å². The van der Waals surface area contributed by atoms with E-state index in [2.05, 4.69) is 15.3 Å². The number of fused-ring (bicyclic) bond motifs is 1. The van der Waals surface area contributed by atoms with Gasteiger partial charge >= 0.3 is 0 Å². The van der Waals surface area contributed by atoms with E-state index in [1.165, 1.54) is 0 Å². The Morgan fingerprint density at radius 2 is 2.31 bits per heavy atom. The zero-order chi connectivity index (χ0) is 11.0. The van der Waals surface area contributed by atoms with Gasteiger partial charge < -0.3 is 5.73 Å². The Morgan fingerprint density at radius 3 is 3.06 bits per heavy atom. The standard InChI is InChI=1S/C9H9N5S2/c10-4-3-7-13-14-8(6-2-1-5-15-6)11-12-9(14)16-7/h1-2,5H,3-4,10H2. The fraction of sp³-hybridized carbons (Fsp3) is 0.222. The molecule has 0 aromatic carbocycles. The minimum atomic E-state index is 0.610. The molecule has 2 N–H and O–H groups in total. The number of hydrogen-bond donors (Lipinski definition) is 1. The minimum absolute atomic E-state index is 0.610. The summed E-state index contributed by atoms with van der Waals surface area (Å²) in [5.74, 6) is 0.810. The van der Waals surface area contributed by atoms with Gasteiger partial charge in [0, 0.05) is 6.42 Å². The van der Waals surface area contributed by atoms with Gasteiger partial charge in [0.25, 0.3) is 0 Å². The Bertz CT molecular complexity index is 595. The summed E-state index contributed by atoms with van der Waals surface area (Å²) in [5.41, 5.74) is 5.51. The number of hydrogen-bond acceptors (Lipinski definition) is 6. The fourth-order valence-electron chi connectivity index (χ4n) is 1.44. The maximum atomic E-state index is 5.51. The molecule has 3 rings (SSSR count). The third-order valence-corrected chi connectivity index (χ3v) is 3.96. The molecular weight excluding hydrogens is 242 g/mol. The molecule has 0 atom stereocenters. The Labute approximate surface area is 99.6 Å². The summed E-state index contributed by atoms with van der Waals surface area (Å²) < 4.78 is 1.79. The topological polar surface area (TPSA) is 69.1 Å². The first-order chi connectivity index (χ1) is 7.88. The van der Waals surface area contributed by atoms with Crippen LogP contribution in [0.2, 0.25) is 0 Å². The summed E-state index contributed by atoms with van der Waals surface area (Å²) in [6, 6.07) is 4.01. The normalized spacial score (nSPS) is 11.3. The molecule has 0 unspecified atom stereocenters. The number of nitrogens with zero attached hydrogens (tertiary/aromatic N) is 4. The summed E-state index contributed by atoms with van der Waals surface area (Å²) in [7, 11) is 0. The molecular formula is C9H9N5S2. The van der Waals surface area contributed by atoms with Crippen LogP contribution in [0.5, 0.6) is 0 Å². The molecule has 0 spiro atoms. The maximum absolute atomic E-state index is 5.51. The van der Waals surface area contributed by atoms with E-state index in [-0.39, 0.29) is 0 Å². The van der Waals surface area contributed by atoms with Crippen molar-refractivity contribution in [2.45, 2.75) is 6.42 Å². The van der Waals surface area contributed by atoms with Crippen molar-refractivity contribution >= 4 is 27.6 Å². The molecule has 3 aromatic heterocycles. The predicted molar refractivity (Wildman–Crippen MR) is 64.7 cm³/mol. The van der Waals surface area contributed by atoms with E-state index in [0.29, 0.717) is 6.54 Å². The first kappa shape index (κ1) is 9.88. The minimum Gasteiger partial charge on any atom is -0.330 e. The highest BCUT2D eigenvalue weighted by Gasteiger charge is 2.13. The number of nitrogens with two attached hydrogens (primary N) is 1. The second-order valence-corrected chi connectivity index (χ2v) is 5.22. The van der Waals surface area contributed by atoms with Crippen molar-refractivity contribution in [2.24, 2.45) is 5.73 Å². The average Bonchev–Trinajstić information content (AvgIpc) is 2.90. The number of aromatic nitrogens is 4. The molecule has 0 aliphatic carbocycles. The highest BCUT2D eigenvalue weighted by atomic mass is 32.1. The zero-order valence-corrected chi connectivity index (χ0v) is 9.96. The van der Waals surface area contributed by atoms with Crippen LogP contribution in [0, 0.1) is 0 Å². The maximum Gasteiger partial charge on any atom is 0.234 e. The van der Waals surface area contributed by atoms with Gasteiger partial charge in [-0.2, -0.15) is 9.61 Å². The van der Waals surface area contributed by atoms with E-state index in [1.54, 1.807) is 27.2 Å². The van der Waals surface area contributed by atoms with Crippen molar-refractivity contribution < 1.29 is 0 Å². The lowest BCUT2D eigenvalue weighted by Crippen LogP contribution is -2.02. The first-order valence-electron chi connectivity index (χ1n) is 4.83. The molecule has 3 aromatic rings. The van der Waals surface area contributed by atoms with Crippen LogP contribution in [0.4, 0.5) is 0 Å². The fourth-order valence-corrected chi connectivity index (χ4v) is 2.98. The molecule has 0 saturated heterocycles. The van der Waals surface area contributed by atoms with Crippen molar-refractivity contribution in [3.63, 3.8) is 0 Å². The molecule has 0 aliphatic heterocycles.